The van der Waals surface area contributed by atoms with Gasteiger partial charge in [-0.3, -0.25) is 0 Å². The van der Waals surface area contributed by atoms with E-state index in [1.807, 2.05) is 6.07 Å². The lowest BCUT2D eigenvalue weighted by Crippen LogP contribution is -2.30. The van der Waals surface area contributed by atoms with Crippen LogP contribution in [0.4, 0.5) is 5.69 Å². The SMILES string of the molecule is CC(C)CC(C)N(C)c1ccc([C@@H](C)O)c(Br)c1. The van der Waals surface area contributed by atoms with E-state index in [-0.39, 0.29) is 0 Å². The van der Waals surface area contributed by atoms with Gasteiger partial charge in [0.15, 0.2) is 0 Å². The normalized spacial score (nSPS) is 14.7. The Labute approximate surface area is 119 Å². The number of nitrogens with zero attached hydrogens (tertiary/aromatic N) is 1. The van der Waals surface area contributed by atoms with Crippen molar-refractivity contribution >= 4 is 21.6 Å². The maximum absolute atomic E-state index is 9.62. The third-order valence-electron chi connectivity index (χ3n) is 3.32. The van der Waals surface area contributed by atoms with Crippen molar-refractivity contribution in [2.24, 2.45) is 5.92 Å². The first-order valence-electron chi connectivity index (χ1n) is 6.53. The predicted octanol–water partition coefficient (Wildman–Crippen LogP) is 4.37. The van der Waals surface area contributed by atoms with Crippen LogP contribution in [0.15, 0.2) is 22.7 Å². The molecule has 102 valence electrons. The van der Waals surface area contributed by atoms with Crippen LogP contribution in [0.1, 0.15) is 45.8 Å². The second-order valence-electron chi connectivity index (χ2n) is 5.47. The summed E-state index contributed by atoms with van der Waals surface area (Å²) in [6.07, 6.45) is 0.735. The third kappa shape index (κ3) is 3.99. The van der Waals surface area contributed by atoms with Crippen molar-refractivity contribution in [2.75, 3.05) is 11.9 Å². The first kappa shape index (κ1) is 15.5. The molecule has 0 bridgehead atoms. The van der Waals surface area contributed by atoms with E-state index in [2.05, 4.69) is 60.8 Å². The lowest BCUT2D eigenvalue weighted by Gasteiger charge is -2.29. The van der Waals surface area contributed by atoms with Crippen molar-refractivity contribution in [1.82, 2.24) is 0 Å². The molecule has 2 nitrogen and oxygen atoms in total. The first-order chi connectivity index (χ1) is 8.32. The minimum Gasteiger partial charge on any atom is -0.389 e. The van der Waals surface area contributed by atoms with Crippen molar-refractivity contribution in [3.8, 4) is 0 Å². The van der Waals surface area contributed by atoms with E-state index in [4.69, 9.17) is 0 Å². The highest BCUT2D eigenvalue weighted by atomic mass is 79.9. The first-order valence-corrected chi connectivity index (χ1v) is 7.32. The molecule has 18 heavy (non-hydrogen) atoms. The molecular formula is C15H24BrNO. The molecular weight excluding hydrogens is 290 g/mol. The van der Waals surface area contributed by atoms with Crippen molar-refractivity contribution in [3.63, 3.8) is 0 Å². The van der Waals surface area contributed by atoms with Crippen molar-refractivity contribution in [3.05, 3.63) is 28.2 Å². The molecule has 1 N–H and O–H groups in total. The van der Waals surface area contributed by atoms with Gasteiger partial charge in [0.2, 0.25) is 0 Å². The predicted molar refractivity (Wildman–Crippen MR) is 82.1 cm³/mol. The summed E-state index contributed by atoms with van der Waals surface area (Å²) in [5.41, 5.74) is 2.11. The summed E-state index contributed by atoms with van der Waals surface area (Å²) in [4.78, 5) is 2.29. The molecule has 0 aliphatic carbocycles. The van der Waals surface area contributed by atoms with E-state index >= 15 is 0 Å². The molecule has 1 aromatic rings. The highest BCUT2D eigenvalue weighted by Crippen LogP contribution is 2.29. The topological polar surface area (TPSA) is 23.5 Å². The molecule has 1 unspecified atom stereocenters. The third-order valence-corrected chi connectivity index (χ3v) is 4.00. The van der Waals surface area contributed by atoms with Gasteiger partial charge in [0.25, 0.3) is 0 Å². The Hall–Kier alpha value is -0.540. The van der Waals surface area contributed by atoms with Crippen molar-refractivity contribution < 1.29 is 5.11 Å². The smallest absolute Gasteiger partial charge is 0.0772 e. The Morgan fingerprint density at radius 2 is 1.83 bits per heavy atom. The largest absolute Gasteiger partial charge is 0.389 e. The van der Waals surface area contributed by atoms with Gasteiger partial charge in [0.1, 0.15) is 0 Å². The van der Waals surface area contributed by atoms with Gasteiger partial charge in [-0.1, -0.05) is 35.8 Å². The Bertz CT molecular complexity index is 390. The molecule has 1 rings (SSSR count). The average molecular weight is 314 g/mol. The highest BCUT2D eigenvalue weighted by molar-refractivity contribution is 9.10. The number of hydrogen-bond donors (Lipinski definition) is 1. The summed E-state index contributed by atoms with van der Waals surface area (Å²) in [6, 6.07) is 6.65. The lowest BCUT2D eigenvalue weighted by atomic mass is 10.0. The second kappa shape index (κ2) is 6.58. The Morgan fingerprint density at radius 3 is 2.28 bits per heavy atom. The van der Waals surface area contributed by atoms with E-state index in [1.54, 1.807) is 6.92 Å². The number of aliphatic hydroxyl groups excluding tert-OH is 1. The molecule has 2 atom stereocenters. The maximum Gasteiger partial charge on any atom is 0.0772 e. The number of anilines is 1. The Kier molecular flexibility index (Phi) is 5.67. The Balaban J connectivity index is 2.87. The molecule has 0 fully saturated rings. The molecule has 0 radical (unpaired) electrons. The van der Waals surface area contributed by atoms with Gasteiger partial charge >= 0.3 is 0 Å². The van der Waals surface area contributed by atoms with Gasteiger partial charge in [0.05, 0.1) is 6.10 Å². The molecule has 0 aromatic heterocycles. The van der Waals surface area contributed by atoms with E-state index in [9.17, 15) is 5.11 Å². The van der Waals surface area contributed by atoms with Crippen LogP contribution >= 0.6 is 15.9 Å². The number of aliphatic hydroxyl groups is 1. The molecule has 0 aliphatic heterocycles. The zero-order chi connectivity index (χ0) is 13.9. The molecule has 0 saturated heterocycles. The minimum absolute atomic E-state index is 0.438. The minimum atomic E-state index is -0.438. The standard InChI is InChI=1S/C15H24BrNO/c1-10(2)8-11(3)17(5)13-6-7-14(12(4)18)15(16)9-13/h6-7,9-12,18H,8H2,1-5H3/t11?,12-/m1/s1. The molecule has 0 spiro atoms. The summed E-state index contributed by atoms with van der Waals surface area (Å²) < 4.78 is 0.971. The summed E-state index contributed by atoms with van der Waals surface area (Å²) in [7, 11) is 2.12. The summed E-state index contributed by atoms with van der Waals surface area (Å²) in [5, 5.41) is 9.62. The zero-order valence-electron chi connectivity index (χ0n) is 11.9. The second-order valence-corrected chi connectivity index (χ2v) is 6.33. The van der Waals surface area contributed by atoms with Crippen LogP contribution in [0.5, 0.6) is 0 Å². The molecule has 1 aromatic carbocycles. The highest BCUT2D eigenvalue weighted by Gasteiger charge is 2.14. The number of halogens is 1. The summed E-state index contributed by atoms with van der Waals surface area (Å²) in [6.45, 7) is 8.52. The van der Waals surface area contributed by atoms with Crippen molar-refractivity contribution in [1.29, 1.82) is 0 Å². The molecule has 0 amide bonds. The fourth-order valence-electron chi connectivity index (χ4n) is 2.17. The monoisotopic (exact) mass is 313 g/mol. The van der Waals surface area contributed by atoms with Crippen LogP contribution in [0.25, 0.3) is 0 Å². The van der Waals surface area contributed by atoms with Crippen LogP contribution in [0.2, 0.25) is 0 Å². The maximum atomic E-state index is 9.62. The molecule has 3 heteroatoms. The van der Waals surface area contributed by atoms with E-state index < -0.39 is 6.10 Å². The zero-order valence-corrected chi connectivity index (χ0v) is 13.5. The quantitative estimate of drug-likeness (QED) is 0.872. The number of hydrogen-bond acceptors (Lipinski definition) is 2. The average Bonchev–Trinajstić information content (AvgIpc) is 2.26. The van der Waals surface area contributed by atoms with Gasteiger partial charge in [-0.15, -0.1) is 0 Å². The van der Waals surface area contributed by atoms with Crippen LogP contribution in [-0.2, 0) is 0 Å². The van der Waals surface area contributed by atoms with Gasteiger partial charge in [-0.05, 0) is 43.9 Å². The van der Waals surface area contributed by atoms with E-state index in [0.29, 0.717) is 12.0 Å². The van der Waals surface area contributed by atoms with Gasteiger partial charge in [-0.2, -0.15) is 0 Å². The van der Waals surface area contributed by atoms with E-state index in [0.717, 1.165) is 10.0 Å². The van der Waals surface area contributed by atoms with Gasteiger partial charge < -0.3 is 10.0 Å². The van der Waals surface area contributed by atoms with Crippen LogP contribution in [-0.4, -0.2) is 18.2 Å². The fourth-order valence-corrected chi connectivity index (χ4v) is 2.87. The lowest BCUT2D eigenvalue weighted by molar-refractivity contribution is 0.198. The molecule has 0 saturated carbocycles. The van der Waals surface area contributed by atoms with Crippen molar-refractivity contribution in [2.45, 2.75) is 46.3 Å². The van der Waals surface area contributed by atoms with E-state index in [1.165, 1.54) is 12.1 Å². The van der Waals surface area contributed by atoms with Gasteiger partial charge in [0, 0.05) is 23.2 Å². The number of benzene rings is 1. The summed E-state index contributed by atoms with van der Waals surface area (Å²) in [5.74, 6) is 0.697. The van der Waals surface area contributed by atoms with Crippen LogP contribution < -0.4 is 4.90 Å². The Morgan fingerprint density at radius 1 is 1.22 bits per heavy atom. The number of rotatable bonds is 5. The molecule has 0 heterocycles. The summed E-state index contributed by atoms with van der Waals surface area (Å²) >= 11 is 3.53. The molecule has 0 aliphatic rings. The van der Waals surface area contributed by atoms with Crippen LogP contribution in [0.3, 0.4) is 0 Å². The van der Waals surface area contributed by atoms with Crippen LogP contribution in [0, 0.1) is 5.92 Å². The van der Waals surface area contributed by atoms with Gasteiger partial charge in [-0.25, -0.2) is 0 Å². The fraction of sp³-hybridized carbons (Fsp3) is 0.600.